The van der Waals surface area contributed by atoms with Crippen molar-refractivity contribution in [2.75, 3.05) is 24.6 Å². The molecule has 0 aromatic carbocycles. The molecule has 0 unspecified atom stereocenters. The molecule has 0 aliphatic heterocycles. The Morgan fingerprint density at radius 1 is 1.35 bits per heavy atom. The van der Waals surface area contributed by atoms with Crippen molar-refractivity contribution >= 4 is 33.3 Å². The topological polar surface area (TPSA) is 55.3 Å². The number of carbonyl (C=O) groups is 1. The second-order valence-electron chi connectivity index (χ2n) is 4.48. The maximum absolute atomic E-state index is 11.7. The van der Waals surface area contributed by atoms with Crippen molar-refractivity contribution in [3.8, 4) is 0 Å². The van der Waals surface area contributed by atoms with Gasteiger partial charge in [0.15, 0.2) is 0 Å². The molecule has 0 aliphatic rings. The minimum atomic E-state index is -0.231. The third-order valence-corrected chi connectivity index (χ3v) is 4.37. The van der Waals surface area contributed by atoms with E-state index in [2.05, 4.69) is 23.8 Å². The monoisotopic (exact) mass is 293 g/mol. The number of anilines is 1. The van der Waals surface area contributed by atoms with Crippen LogP contribution in [-0.2, 0) is 9.53 Å². The number of thiophene rings is 1. The van der Waals surface area contributed by atoms with Crippen molar-refractivity contribution in [2.24, 2.45) is 0 Å². The molecule has 0 atom stereocenters. The van der Waals surface area contributed by atoms with Crippen LogP contribution in [0.15, 0.2) is 6.33 Å². The molecule has 2 aromatic rings. The van der Waals surface area contributed by atoms with E-state index in [9.17, 15) is 4.79 Å². The van der Waals surface area contributed by atoms with Gasteiger partial charge in [0.25, 0.3) is 0 Å². The van der Waals surface area contributed by atoms with E-state index in [1.807, 2.05) is 18.7 Å². The lowest BCUT2D eigenvalue weighted by molar-refractivity contribution is -0.141. The first-order valence-electron chi connectivity index (χ1n) is 6.69. The van der Waals surface area contributed by atoms with E-state index in [0.29, 0.717) is 13.2 Å². The van der Waals surface area contributed by atoms with E-state index in [-0.39, 0.29) is 12.5 Å². The van der Waals surface area contributed by atoms with E-state index < -0.39 is 0 Å². The number of carbonyl (C=O) groups excluding carboxylic acids is 1. The zero-order valence-corrected chi connectivity index (χ0v) is 13.1. The Morgan fingerprint density at radius 2 is 2.10 bits per heavy atom. The lowest BCUT2D eigenvalue weighted by Crippen LogP contribution is -2.31. The van der Waals surface area contributed by atoms with E-state index in [1.54, 1.807) is 17.7 Å². The number of aryl methyl sites for hydroxylation is 2. The standard InChI is InChI=1S/C14H19N3O2S/c1-5-17(7-11(18)19-6-2)13-12-9(3)10(4)20-14(12)16-8-15-13/h8H,5-7H2,1-4H3. The number of ether oxygens (including phenoxy) is 1. The fourth-order valence-corrected chi connectivity index (χ4v) is 3.09. The molecule has 0 aliphatic carbocycles. The molecule has 0 fully saturated rings. The molecule has 2 rings (SSSR count). The van der Waals surface area contributed by atoms with Gasteiger partial charge in [0.1, 0.15) is 23.5 Å². The van der Waals surface area contributed by atoms with Gasteiger partial charge in [-0.3, -0.25) is 4.79 Å². The van der Waals surface area contributed by atoms with Crippen LogP contribution in [0.1, 0.15) is 24.3 Å². The van der Waals surface area contributed by atoms with E-state index in [0.717, 1.165) is 16.0 Å². The van der Waals surface area contributed by atoms with Crippen LogP contribution < -0.4 is 4.90 Å². The predicted molar refractivity (Wildman–Crippen MR) is 81.4 cm³/mol. The summed E-state index contributed by atoms with van der Waals surface area (Å²) in [6.45, 7) is 9.26. The Bertz CT molecular complexity index is 624. The van der Waals surface area contributed by atoms with Gasteiger partial charge in [0, 0.05) is 11.4 Å². The molecule has 20 heavy (non-hydrogen) atoms. The van der Waals surface area contributed by atoms with Gasteiger partial charge in [-0.1, -0.05) is 0 Å². The van der Waals surface area contributed by atoms with E-state index in [4.69, 9.17) is 4.74 Å². The van der Waals surface area contributed by atoms with Crippen molar-refractivity contribution in [3.63, 3.8) is 0 Å². The number of nitrogens with zero attached hydrogens (tertiary/aromatic N) is 3. The smallest absolute Gasteiger partial charge is 0.325 e. The van der Waals surface area contributed by atoms with E-state index >= 15 is 0 Å². The Morgan fingerprint density at radius 3 is 2.75 bits per heavy atom. The zero-order valence-electron chi connectivity index (χ0n) is 12.3. The summed E-state index contributed by atoms with van der Waals surface area (Å²) in [5.74, 6) is 0.582. The minimum Gasteiger partial charge on any atom is -0.465 e. The van der Waals surface area contributed by atoms with Crippen LogP contribution in [-0.4, -0.2) is 35.6 Å². The molecular weight excluding hydrogens is 274 g/mol. The molecular formula is C14H19N3O2S. The van der Waals surface area contributed by atoms with E-state index in [1.165, 1.54) is 10.4 Å². The Hall–Kier alpha value is -1.69. The summed E-state index contributed by atoms with van der Waals surface area (Å²) in [4.78, 5) is 24.5. The van der Waals surface area contributed by atoms with Gasteiger partial charge in [0.05, 0.1) is 12.0 Å². The van der Waals surface area contributed by atoms with Crippen LogP contribution in [0.25, 0.3) is 10.2 Å². The average molecular weight is 293 g/mol. The molecule has 0 amide bonds. The first-order chi connectivity index (χ1) is 9.58. The third kappa shape index (κ3) is 2.75. The van der Waals surface area contributed by atoms with Crippen LogP contribution >= 0.6 is 11.3 Å². The molecule has 6 heteroatoms. The van der Waals surface area contributed by atoms with Crippen molar-refractivity contribution in [1.82, 2.24) is 9.97 Å². The third-order valence-electron chi connectivity index (χ3n) is 3.25. The van der Waals surface area contributed by atoms with Crippen LogP contribution in [0.5, 0.6) is 0 Å². The van der Waals surface area contributed by atoms with Gasteiger partial charge >= 0.3 is 5.97 Å². The van der Waals surface area contributed by atoms with Crippen molar-refractivity contribution in [1.29, 1.82) is 0 Å². The zero-order chi connectivity index (χ0) is 14.7. The van der Waals surface area contributed by atoms with Gasteiger partial charge in [-0.15, -0.1) is 11.3 Å². The van der Waals surface area contributed by atoms with Gasteiger partial charge in [0.2, 0.25) is 0 Å². The largest absolute Gasteiger partial charge is 0.465 e. The molecule has 0 saturated carbocycles. The Kier molecular flexibility index (Phi) is 4.54. The fourth-order valence-electron chi connectivity index (χ4n) is 2.10. The van der Waals surface area contributed by atoms with Gasteiger partial charge < -0.3 is 9.64 Å². The second kappa shape index (κ2) is 6.17. The van der Waals surface area contributed by atoms with Gasteiger partial charge in [-0.25, -0.2) is 9.97 Å². The van der Waals surface area contributed by atoms with Crippen LogP contribution in [0.3, 0.4) is 0 Å². The number of hydrogen-bond donors (Lipinski definition) is 0. The molecule has 2 heterocycles. The molecule has 2 aromatic heterocycles. The molecule has 5 nitrogen and oxygen atoms in total. The Labute approximate surface area is 122 Å². The number of aromatic nitrogens is 2. The first-order valence-corrected chi connectivity index (χ1v) is 7.51. The van der Waals surface area contributed by atoms with Crippen LogP contribution in [0.4, 0.5) is 5.82 Å². The van der Waals surface area contributed by atoms with Gasteiger partial charge in [-0.05, 0) is 33.3 Å². The molecule has 0 N–H and O–H groups in total. The first kappa shape index (κ1) is 14.7. The lowest BCUT2D eigenvalue weighted by Gasteiger charge is -2.21. The normalized spacial score (nSPS) is 10.8. The van der Waals surface area contributed by atoms with Crippen molar-refractivity contribution in [3.05, 3.63) is 16.8 Å². The summed E-state index contributed by atoms with van der Waals surface area (Å²) in [6, 6.07) is 0. The van der Waals surface area contributed by atoms with Crippen molar-refractivity contribution in [2.45, 2.75) is 27.7 Å². The molecule has 0 bridgehead atoms. The molecule has 108 valence electrons. The summed E-state index contributed by atoms with van der Waals surface area (Å²) < 4.78 is 5.02. The lowest BCUT2D eigenvalue weighted by atomic mass is 10.2. The number of hydrogen-bond acceptors (Lipinski definition) is 6. The highest BCUT2D eigenvalue weighted by atomic mass is 32.1. The number of fused-ring (bicyclic) bond motifs is 1. The summed E-state index contributed by atoms with van der Waals surface area (Å²) in [7, 11) is 0. The number of likely N-dealkylation sites (N-methyl/N-ethyl adjacent to an activating group) is 1. The SMILES string of the molecule is CCOC(=O)CN(CC)c1ncnc2sc(C)c(C)c12. The highest BCUT2D eigenvalue weighted by molar-refractivity contribution is 7.18. The number of esters is 1. The van der Waals surface area contributed by atoms with Gasteiger partial charge in [-0.2, -0.15) is 0 Å². The minimum absolute atomic E-state index is 0.213. The van der Waals surface area contributed by atoms with Crippen LogP contribution in [0.2, 0.25) is 0 Å². The van der Waals surface area contributed by atoms with Crippen molar-refractivity contribution < 1.29 is 9.53 Å². The maximum atomic E-state index is 11.7. The predicted octanol–water partition coefficient (Wildman–Crippen LogP) is 2.70. The number of rotatable bonds is 5. The summed E-state index contributed by atoms with van der Waals surface area (Å²) in [5, 5.41) is 1.04. The quantitative estimate of drug-likeness (QED) is 0.793. The van der Waals surface area contributed by atoms with Crippen LogP contribution in [0, 0.1) is 13.8 Å². The average Bonchev–Trinajstić information content (AvgIpc) is 2.72. The Balaban J connectivity index is 2.41. The highest BCUT2D eigenvalue weighted by Crippen LogP contribution is 2.34. The summed E-state index contributed by atoms with van der Waals surface area (Å²) in [5.41, 5.74) is 1.18. The fraction of sp³-hybridized carbons (Fsp3) is 0.500. The highest BCUT2D eigenvalue weighted by Gasteiger charge is 2.18. The maximum Gasteiger partial charge on any atom is 0.325 e. The molecule has 0 spiro atoms. The molecule has 0 saturated heterocycles. The second-order valence-corrected chi connectivity index (χ2v) is 5.68. The molecule has 0 radical (unpaired) electrons. The summed E-state index contributed by atoms with van der Waals surface area (Å²) in [6.07, 6.45) is 1.56. The summed E-state index contributed by atoms with van der Waals surface area (Å²) >= 11 is 1.66.